The largest absolute Gasteiger partial charge is 0.370 e. The number of nitro groups is 1. The Kier molecular flexibility index (Phi) is 3.79. The maximum atomic E-state index is 12.9. The van der Waals surface area contributed by atoms with Crippen molar-refractivity contribution in [2.24, 2.45) is 0 Å². The van der Waals surface area contributed by atoms with E-state index in [0.717, 1.165) is 37.2 Å². The Balaban J connectivity index is 1.77. The van der Waals surface area contributed by atoms with E-state index in [1.807, 2.05) is 6.07 Å². The van der Waals surface area contributed by atoms with Crippen LogP contribution in [-0.2, 0) is 12.8 Å². The van der Waals surface area contributed by atoms with Crippen molar-refractivity contribution in [2.45, 2.75) is 19.8 Å². The standard InChI is InChI=1S/C17H17FN2O2/c1-12-10-14-7-9-19(17(14)11-16(12)20(21)22)8-6-13-2-4-15(18)5-3-13/h2-5,10-11H,6-9H2,1H3. The van der Waals surface area contributed by atoms with Gasteiger partial charge in [-0.05, 0) is 49.1 Å². The Bertz CT molecular complexity index is 713. The zero-order chi connectivity index (χ0) is 15.7. The quantitative estimate of drug-likeness (QED) is 0.639. The van der Waals surface area contributed by atoms with Crippen LogP contribution in [0.2, 0.25) is 0 Å². The summed E-state index contributed by atoms with van der Waals surface area (Å²) in [5, 5.41) is 11.1. The Morgan fingerprint density at radius 3 is 2.68 bits per heavy atom. The van der Waals surface area contributed by atoms with Gasteiger partial charge in [-0.25, -0.2) is 4.39 Å². The highest BCUT2D eigenvalue weighted by Crippen LogP contribution is 2.34. The third-order valence-electron chi connectivity index (χ3n) is 4.17. The van der Waals surface area contributed by atoms with E-state index in [-0.39, 0.29) is 16.4 Å². The molecule has 0 saturated carbocycles. The summed E-state index contributed by atoms with van der Waals surface area (Å²) in [5.74, 6) is -0.235. The van der Waals surface area contributed by atoms with Gasteiger partial charge in [-0.3, -0.25) is 10.1 Å². The summed E-state index contributed by atoms with van der Waals surface area (Å²) in [6, 6.07) is 10.1. The number of hydrogen-bond acceptors (Lipinski definition) is 3. The molecule has 22 heavy (non-hydrogen) atoms. The Morgan fingerprint density at radius 1 is 1.27 bits per heavy atom. The molecular weight excluding hydrogens is 283 g/mol. The SMILES string of the molecule is Cc1cc2c(cc1[N+](=O)[O-])N(CCc1ccc(F)cc1)CC2. The van der Waals surface area contributed by atoms with Crippen LogP contribution >= 0.6 is 0 Å². The van der Waals surface area contributed by atoms with Crippen LogP contribution in [0.15, 0.2) is 36.4 Å². The van der Waals surface area contributed by atoms with E-state index in [9.17, 15) is 14.5 Å². The van der Waals surface area contributed by atoms with E-state index >= 15 is 0 Å². The molecule has 0 fully saturated rings. The monoisotopic (exact) mass is 300 g/mol. The van der Waals surface area contributed by atoms with E-state index in [1.54, 1.807) is 25.1 Å². The number of nitro benzene ring substituents is 1. The first-order chi connectivity index (χ1) is 10.5. The van der Waals surface area contributed by atoms with E-state index < -0.39 is 0 Å². The number of benzene rings is 2. The van der Waals surface area contributed by atoms with Crippen molar-refractivity contribution < 1.29 is 9.31 Å². The molecule has 1 aliphatic heterocycles. The molecule has 0 N–H and O–H groups in total. The van der Waals surface area contributed by atoms with Gasteiger partial charge in [0.25, 0.3) is 5.69 Å². The van der Waals surface area contributed by atoms with E-state index in [4.69, 9.17) is 0 Å². The second-order valence-corrected chi connectivity index (χ2v) is 5.64. The fraction of sp³-hybridized carbons (Fsp3) is 0.294. The lowest BCUT2D eigenvalue weighted by Gasteiger charge is -2.19. The fourth-order valence-electron chi connectivity index (χ4n) is 2.96. The highest BCUT2D eigenvalue weighted by atomic mass is 19.1. The first-order valence-corrected chi connectivity index (χ1v) is 7.32. The molecule has 0 atom stereocenters. The average molecular weight is 300 g/mol. The number of halogens is 1. The Hall–Kier alpha value is -2.43. The molecule has 0 bridgehead atoms. The predicted octanol–water partition coefficient (Wildman–Crippen LogP) is 3.65. The van der Waals surface area contributed by atoms with Gasteiger partial charge in [0.2, 0.25) is 0 Å². The van der Waals surface area contributed by atoms with Crippen molar-refractivity contribution >= 4 is 11.4 Å². The van der Waals surface area contributed by atoms with Gasteiger partial charge in [-0.2, -0.15) is 0 Å². The molecule has 1 aliphatic rings. The van der Waals surface area contributed by atoms with Gasteiger partial charge >= 0.3 is 0 Å². The van der Waals surface area contributed by atoms with Crippen LogP contribution in [-0.4, -0.2) is 18.0 Å². The minimum atomic E-state index is -0.327. The van der Waals surface area contributed by atoms with E-state index in [1.165, 1.54) is 17.7 Å². The summed E-state index contributed by atoms with van der Waals surface area (Å²) in [6.07, 6.45) is 1.71. The molecule has 0 amide bonds. The number of fused-ring (bicyclic) bond motifs is 1. The van der Waals surface area contributed by atoms with Gasteiger partial charge in [0.1, 0.15) is 5.82 Å². The molecule has 0 spiro atoms. The van der Waals surface area contributed by atoms with Crippen molar-refractivity contribution in [3.63, 3.8) is 0 Å². The van der Waals surface area contributed by atoms with Crippen LogP contribution in [0.1, 0.15) is 16.7 Å². The van der Waals surface area contributed by atoms with Crippen LogP contribution in [0, 0.1) is 22.9 Å². The molecule has 1 heterocycles. The third-order valence-corrected chi connectivity index (χ3v) is 4.17. The molecule has 2 aromatic rings. The topological polar surface area (TPSA) is 46.4 Å². The molecule has 0 aliphatic carbocycles. The fourth-order valence-corrected chi connectivity index (χ4v) is 2.96. The lowest BCUT2D eigenvalue weighted by molar-refractivity contribution is -0.385. The number of nitrogens with zero attached hydrogens (tertiary/aromatic N) is 2. The van der Waals surface area contributed by atoms with Crippen LogP contribution in [0.5, 0.6) is 0 Å². The molecule has 0 aromatic heterocycles. The molecule has 0 unspecified atom stereocenters. The molecule has 0 radical (unpaired) electrons. The second kappa shape index (κ2) is 5.75. The predicted molar refractivity (Wildman–Crippen MR) is 83.9 cm³/mol. The van der Waals surface area contributed by atoms with E-state index in [0.29, 0.717) is 5.56 Å². The van der Waals surface area contributed by atoms with Crippen LogP contribution < -0.4 is 4.90 Å². The van der Waals surface area contributed by atoms with Crippen molar-refractivity contribution in [2.75, 3.05) is 18.0 Å². The minimum Gasteiger partial charge on any atom is -0.370 e. The summed E-state index contributed by atoms with van der Waals surface area (Å²) in [6.45, 7) is 3.43. The Labute approximate surface area is 128 Å². The second-order valence-electron chi connectivity index (χ2n) is 5.64. The minimum absolute atomic E-state index is 0.174. The summed E-state index contributed by atoms with van der Waals surface area (Å²) in [7, 11) is 0. The molecule has 114 valence electrons. The smallest absolute Gasteiger partial charge is 0.274 e. The maximum absolute atomic E-state index is 12.9. The summed E-state index contributed by atoms with van der Waals surface area (Å²) < 4.78 is 12.9. The van der Waals surface area contributed by atoms with Crippen LogP contribution in [0.3, 0.4) is 0 Å². The third kappa shape index (κ3) is 2.79. The van der Waals surface area contributed by atoms with Crippen molar-refractivity contribution in [1.29, 1.82) is 0 Å². The molecule has 3 rings (SSSR count). The Morgan fingerprint density at radius 2 is 2.00 bits per heavy atom. The summed E-state index contributed by atoms with van der Waals surface area (Å²) in [5.41, 5.74) is 4.08. The van der Waals surface area contributed by atoms with E-state index in [2.05, 4.69) is 4.90 Å². The molecular formula is C17H17FN2O2. The summed E-state index contributed by atoms with van der Waals surface area (Å²) >= 11 is 0. The molecule has 4 nitrogen and oxygen atoms in total. The molecule has 5 heteroatoms. The highest BCUT2D eigenvalue weighted by Gasteiger charge is 2.23. The number of anilines is 1. The van der Waals surface area contributed by atoms with Gasteiger partial charge in [0.05, 0.1) is 4.92 Å². The van der Waals surface area contributed by atoms with Gasteiger partial charge in [0.15, 0.2) is 0 Å². The zero-order valence-electron chi connectivity index (χ0n) is 12.4. The first-order valence-electron chi connectivity index (χ1n) is 7.32. The number of aryl methyl sites for hydroxylation is 1. The van der Waals surface area contributed by atoms with Gasteiger partial charge in [-0.15, -0.1) is 0 Å². The zero-order valence-corrected chi connectivity index (χ0v) is 12.4. The highest BCUT2D eigenvalue weighted by molar-refractivity contribution is 5.65. The maximum Gasteiger partial charge on any atom is 0.274 e. The lowest BCUT2D eigenvalue weighted by Crippen LogP contribution is -2.23. The van der Waals surface area contributed by atoms with Gasteiger partial charge < -0.3 is 4.90 Å². The van der Waals surface area contributed by atoms with Crippen molar-refractivity contribution in [1.82, 2.24) is 0 Å². The number of hydrogen-bond donors (Lipinski definition) is 0. The number of rotatable bonds is 4. The van der Waals surface area contributed by atoms with Gasteiger partial charge in [-0.1, -0.05) is 12.1 Å². The van der Waals surface area contributed by atoms with Crippen LogP contribution in [0.25, 0.3) is 0 Å². The van der Waals surface area contributed by atoms with Crippen LogP contribution in [0.4, 0.5) is 15.8 Å². The normalized spacial score (nSPS) is 13.3. The molecule has 0 saturated heterocycles. The molecule has 2 aromatic carbocycles. The summed E-state index contributed by atoms with van der Waals surface area (Å²) in [4.78, 5) is 12.9. The lowest BCUT2D eigenvalue weighted by atomic mass is 10.1. The van der Waals surface area contributed by atoms with Crippen molar-refractivity contribution in [3.05, 3.63) is 69.0 Å². The van der Waals surface area contributed by atoms with Crippen molar-refractivity contribution in [3.8, 4) is 0 Å². The van der Waals surface area contributed by atoms with Gasteiger partial charge in [0, 0.05) is 30.4 Å². The average Bonchev–Trinajstić information content (AvgIpc) is 2.87. The first kappa shape index (κ1) is 14.5.